The predicted molar refractivity (Wildman–Crippen MR) is 92.9 cm³/mol. The third kappa shape index (κ3) is 3.73. The highest BCUT2D eigenvalue weighted by atomic mass is 32.1. The summed E-state index contributed by atoms with van der Waals surface area (Å²) < 4.78 is 5.56. The number of anilines is 1. The summed E-state index contributed by atoms with van der Waals surface area (Å²) in [6.07, 6.45) is 1.68. The van der Waals surface area contributed by atoms with Crippen molar-refractivity contribution in [3.8, 4) is 5.75 Å². The summed E-state index contributed by atoms with van der Waals surface area (Å²) in [6, 6.07) is 6.94. The van der Waals surface area contributed by atoms with Crippen LogP contribution in [0.25, 0.3) is 0 Å². The molecule has 126 valence electrons. The first-order chi connectivity index (χ1) is 11.5. The minimum Gasteiger partial charge on any atom is -0.491 e. The van der Waals surface area contributed by atoms with Crippen LogP contribution in [-0.4, -0.2) is 29.4 Å². The number of hydrogen-bond acceptors (Lipinski definition) is 5. The molecule has 1 aromatic heterocycles. The Bertz CT molecular complexity index is 753. The van der Waals surface area contributed by atoms with Gasteiger partial charge in [-0.25, -0.2) is 4.98 Å². The van der Waals surface area contributed by atoms with E-state index < -0.39 is 0 Å². The van der Waals surface area contributed by atoms with Gasteiger partial charge in [0.05, 0.1) is 11.8 Å². The smallest absolute Gasteiger partial charge is 0.263 e. The summed E-state index contributed by atoms with van der Waals surface area (Å²) in [4.78, 5) is 29.2. The first-order valence-corrected chi connectivity index (χ1v) is 8.70. The Labute approximate surface area is 144 Å². The summed E-state index contributed by atoms with van der Waals surface area (Å²) in [7, 11) is 0. The van der Waals surface area contributed by atoms with Crippen molar-refractivity contribution in [2.24, 2.45) is 0 Å². The topological polar surface area (TPSA) is 80.3 Å². The highest BCUT2D eigenvalue weighted by Gasteiger charge is 2.21. The molecular formula is C17H19N3O3S. The number of benzene rings is 1. The molecule has 0 atom stereocenters. The number of aryl methyl sites for hydroxylation is 1. The maximum Gasteiger partial charge on any atom is 0.263 e. The number of fused-ring (bicyclic) bond motifs is 1. The van der Waals surface area contributed by atoms with Crippen LogP contribution in [0.2, 0.25) is 0 Å². The van der Waals surface area contributed by atoms with E-state index in [1.54, 1.807) is 24.3 Å². The largest absolute Gasteiger partial charge is 0.491 e. The fourth-order valence-electron chi connectivity index (χ4n) is 2.42. The van der Waals surface area contributed by atoms with Crippen molar-refractivity contribution in [2.75, 3.05) is 11.9 Å². The third-order valence-corrected chi connectivity index (χ3v) is 4.50. The monoisotopic (exact) mass is 345 g/mol. The Balaban J connectivity index is 1.71. The Hall–Kier alpha value is -2.41. The molecule has 1 aliphatic rings. The summed E-state index contributed by atoms with van der Waals surface area (Å²) in [5.41, 5.74) is 1.27. The SMILES string of the molecule is CC(C)Oc1ccc(C(=O)Nc2nc3c(s2)C(=O)NCCC3)cc1. The van der Waals surface area contributed by atoms with E-state index in [-0.39, 0.29) is 17.9 Å². The molecule has 2 aromatic rings. The number of carbonyl (C=O) groups is 2. The maximum atomic E-state index is 12.3. The molecule has 0 spiro atoms. The zero-order valence-electron chi connectivity index (χ0n) is 13.6. The van der Waals surface area contributed by atoms with Crippen molar-refractivity contribution in [2.45, 2.75) is 32.8 Å². The van der Waals surface area contributed by atoms with Gasteiger partial charge in [0, 0.05) is 12.1 Å². The number of rotatable bonds is 4. The van der Waals surface area contributed by atoms with Crippen LogP contribution in [0.3, 0.4) is 0 Å². The van der Waals surface area contributed by atoms with Crippen LogP contribution in [0.1, 0.15) is 46.0 Å². The summed E-state index contributed by atoms with van der Waals surface area (Å²) in [5, 5.41) is 6.04. The molecule has 0 fully saturated rings. The van der Waals surface area contributed by atoms with Gasteiger partial charge in [0.2, 0.25) is 0 Å². The van der Waals surface area contributed by atoms with E-state index in [0.29, 0.717) is 22.1 Å². The highest BCUT2D eigenvalue weighted by molar-refractivity contribution is 7.17. The van der Waals surface area contributed by atoms with Crippen LogP contribution in [0, 0.1) is 0 Å². The van der Waals surface area contributed by atoms with Gasteiger partial charge in [-0.3, -0.25) is 14.9 Å². The molecule has 2 amide bonds. The Morgan fingerprint density at radius 2 is 2.08 bits per heavy atom. The van der Waals surface area contributed by atoms with Gasteiger partial charge in [0.25, 0.3) is 11.8 Å². The van der Waals surface area contributed by atoms with Crippen molar-refractivity contribution in [1.82, 2.24) is 10.3 Å². The van der Waals surface area contributed by atoms with Crippen LogP contribution in [-0.2, 0) is 6.42 Å². The van der Waals surface area contributed by atoms with E-state index >= 15 is 0 Å². The Kier molecular flexibility index (Phi) is 4.80. The first-order valence-electron chi connectivity index (χ1n) is 7.89. The van der Waals surface area contributed by atoms with Gasteiger partial charge in [-0.15, -0.1) is 0 Å². The van der Waals surface area contributed by atoms with E-state index in [1.165, 1.54) is 11.3 Å². The minimum atomic E-state index is -0.254. The molecule has 0 radical (unpaired) electrons. The van der Waals surface area contributed by atoms with Crippen molar-refractivity contribution in [1.29, 1.82) is 0 Å². The molecule has 24 heavy (non-hydrogen) atoms. The van der Waals surface area contributed by atoms with Crippen LogP contribution in [0.5, 0.6) is 5.75 Å². The van der Waals surface area contributed by atoms with Crippen molar-refractivity contribution in [3.63, 3.8) is 0 Å². The van der Waals surface area contributed by atoms with Crippen molar-refractivity contribution < 1.29 is 14.3 Å². The normalized spacial score (nSPS) is 13.9. The number of aromatic nitrogens is 1. The summed E-state index contributed by atoms with van der Waals surface area (Å²) >= 11 is 1.21. The summed E-state index contributed by atoms with van der Waals surface area (Å²) in [6.45, 7) is 4.56. The number of hydrogen-bond donors (Lipinski definition) is 2. The summed E-state index contributed by atoms with van der Waals surface area (Å²) in [5.74, 6) is 0.352. The highest BCUT2D eigenvalue weighted by Crippen LogP contribution is 2.26. The fraction of sp³-hybridized carbons (Fsp3) is 0.353. The van der Waals surface area contributed by atoms with Crippen molar-refractivity contribution >= 4 is 28.3 Å². The number of carbonyl (C=O) groups excluding carboxylic acids is 2. The average molecular weight is 345 g/mol. The quantitative estimate of drug-likeness (QED) is 0.893. The Morgan fingerprint density at radius 3 is 2.79 bits per heavy atom. The third-order valence-electron chi connectivity index (χ3n) is 3.49. The van der Waals surface area contributed by atoms with Gasteiger partial charge in [0.1, 0.15) is 10.6 Å². The lowest BCUT2D eigenvalue weighted by atomic mass is 10.2. The lowest BCUT2D eigenvalue weighted by Gasteiger charge is -2.09. The lowest BCUT2D eigenvalue weighted by molar-refractivity contribution is 0.0958. The van der Waals surface area contributed by atoms with Gasteiger partial charge in [0.15, 0.2) is 5.13 Å². The minimum absolute atomic E-state index is 0.0848. The van der Waals surface area contributed by atoms with Crippen LogP contribution >= 0.6 is 11.3 Å². The zero-order valence-corrected chi connectivity index (χ0v) is 14.4. The van der Waals surface area contributed by atoms with E-state index in [0.717, 1.165) is 24.3 Å². The molecule has 0 bridgehead atoms. The molecule has 0 saturated carbocycles. The van der Waals surface area contributed by atoms with E-state index in [2.05, 4.69) is 15.6 Å². The number of amides is 2. The van der Waals surface area contributed by atoms with Gasteiger partial charge < -0.3 is 10.1 Å². The van der Waals surface area contributed by atoms with E-state index in [1.807, 2.05) is 13.8 Å². The fourth-order valence-corrected chi connectivity index (χ4v) is 3.34. The van der Waals surface area contributed by atoms with E-state index in [9.17, 15) is 9.59 Å². The molecule has 0 saturated heterocycles. The van der Waals surface area contributed by atoms with Gasteiger partial charge in [-0.05, 0) is 51.0 Å². The molecule has 7 heteroatoms. The number of thiazole rings is 1. The molecular weight excluding hydrogens is 326 g/mol. The molecule has 1 aromatic carbocycles. The second-order valence-corrected chi connectivity index (χ2v) is 6.80. The van der Waals surface area contributed by atoms with Crippen LogP contribution in [0.4, 0.5) is 5.13 Å². The average Bonchev–Trinajstić information content (AvgIpc) is 2.86. The zero-order chi connectivity index (χ0) is 17.1. The number of ether oxygens (including phenoxy) is 1. The van der Waals surface area contributed by atoms with Crippen molar-refractivity contribution in [3.05, 3.63) is 40.4 Å². The second-order valence-electron chi connectivity index (χ2n) is 5.80. The van der Waals surface area contributed by atoms with Gasteiger partial charge in [-0.1, -0.05) is 11.3 Å². The number of nitrogens with zero attached hydrogens (tertiary/aromatic N) is 1. The molecule has 1 aliphatic heterocycles. The molecule has 6 nitrogen and oxygen atoms in total. The van der Waals surface area contributed by atoms with Gasteiger partial charge >= 0.3 is 0 Å². The molecule has 2 heterocycles. The standard InChI is InChI=1S/C17H19N3O3S/c1-10(2)23-12-7-5-11(6-8-12)15(21)20-17-19-13-4-3-9-18-16(22)14(13)24-17/h5-8,10H,3-4,9H2,1-2H3,(H,18,22)(H,19,20,21). The number of nitrogens with one attached hydrogen (secondary N) is 2. The van der Waals surface area contributed by atoms with Crippen LogP contribution in [0.15, 0.2) is 24.3 Å². The molecule has 3 rings (SSSR count). The van der Waals surface area contributed by atoms with Crippen LogP contribution < -0.4 is 15.4 Å². The van der Waals surface area contributed by atoms with Gasteiger partial charge in [-0.2, -0.15) is 0 Å². The first kappa shape index (κ1) is 16.4. The molecule has 0 aliphatic carbocycles. The van der Waals surface area contributed by atoms with E-state index in [4.69, 9.17) is 4.74 Å². The lowest BCUT2D eigenvalue weighted by Crippen LogP contribution is -2.21. The maximum absolute atomic E-state index is 12.3. The Morgan fingerprint density at radius 1 is 1.33 bits per heavy atom. The molecule has 2 N–H and O–H groups in total. The predicted octanol–water partition coefficient (Wildman–Crippen LogP) is 2.86. The molecule has 0 unspecified atom stereocenters. The second kappa shape index (κ2) is 7.00.